The third-order valence-electron chi connectivity index (χ3n) is 2.54. The fourth-order valence-corrected chi connectivity index (χ4v) is 3.21. The molecule has 0 saturated heterocycles. The van der Waals surface area contributed by atoms with Crippen molar-refractivity contribution in [1.82, 2.24) is 0 Å². The average Bonchev–Trinajstić information content (AvgIpc) is 2.17. The van der Waals surface area contributed by atoms with Gasteiger partial charge in [0.2, 0.25) is 0 Å². The Hall–Kier alpha value is -0.710. The lowest BCUT2D eigenvalue weighted by atomic mass is 10.0. The molecule has 0 aromatic rings. The Morgan fingerprint density at radius 1 is 1.20 bits per heavy atom. The molecule has 0 amide bonds. The molecule has 0 aromatic carbocycles. The SMILES string of the molecule is O=C(O)CC(SC1CCCCC1)C(=O)O. The van der Waals surface area contributed by atoms with Crippen LogP contribution < -0.4 is 0 Å². The van der Waals surface area contributed by atoms with Gasteiger partial charge in [-0.25, -0.2) is 0 Å². The lowest BCUT2D eigenvalue weighted by Crippen LogP contribution is -2.24. The van der Waals surface area contributed by atoms with Crippen LogP contribution in [0.4, 0.5) is 0 Å². The summed E-state index contributed by atoms with van der Waals surface area (Å²) in [7, 11) is 0. The first-order chi connectivity index (χ1) is 7.09. The van der Waals surface area contributed by atoms with Gasteiger partial charge < -0.3 is 10.2 Å². The molecule has 1 unspecified atom stereocenters. The number of hydrogen-bond acceptors (Lipinski definition) is 3. The second-order valence-electron chi connectivity index (χ2n) is 3.82. The highest BCUT2D eigenvalue weighted by Crippen LogP contribution is 2.32. The summed E-state index contributed by atoms with van der Waals surface area (Å²) in [6.45, 7) is 0. The molecule has 1 aliphatic carbocycles. The number of carboxylic acids is 2. The van der Waals surface area contributed by atoms with E-state index in [1.165, 1.54) is 18.2 Å². The van der Waals surface area contributed by atoms with Gasteiger partial charge in [0.15, 0.2) is 0 Å². The predicted octanol–water partition coefficient (Wildman–Crippen LogP) is 1.98. The summed E-state index contributed by atoms with van der Waals surface area (Å²) >= 11 is 1.32. The predicted molar refractivity (Wildman–Crippen MR) is 58.1 cm³/mol. The van der Waals surface area contributed by atoms with Crippen molar-refractivity contribution in [3.05, 3.63) is 0 Å². The highest BCUT2D eigenvalue weighted by Gasteiger charge is 2.26. The summed E-state index contributed by atoms with van der Waals surface area (Å²) in [5, 5.41) is 17.0. The zero-order valence-corrected chi connectivity index (χ0v) is 9.33. The summed E-state index contributed by atoms with van der Waals surface area (Å²) in [6, 6.07) is 0. The average molecular weight is 232 g/mol. The van der Waals surface area contributed by atoms with Crippen molar-refractivity contribution in [3.8, 4) is 0 Å². The molecule has 4 nitrogen and oxygen atoms in total. The fraction of sp³-hybridized carbons (Fsp3) is 0.800. The summed E-state index contributed by atoms with van der Waals surface area (Å²) in [5.41, 5.74) is 0. The van der Waals surface area contributed by atoms with Gasteiger partial charge in [-0.3, -0.25) is 9.59 Å². The summed E-state index contributed by atoms with van der Waals surface area (Å²) in [5.74, 6) is -2.04. The van der Waals surface area contributed by atoms with Gasteiger partial charge in [-0.1, -0.05) is 19.3 Å². The summed E-state index contributed by atoms with van der Waals surface area (Å²) in [6.07, 6.45) is 5.25. The maximum absolute atomic E-state index is 10.8. The highest BCUT2D eigenvalue weighted by molar-refractivity contribution is 8.01. The second kappa shape index (κ2) is 6.00. The van der Waals surface area contributed by atoms with Crippen LogP contribution in [0.5, 0.6) is 0 Å². The van der Waals surface area contributed by atoms with Crippen molar-refractivity contribution in [2.45, 2.75) is 49.0 Å². The van der Waals surface area contributed by atoms with Gasteiger partial charge in [-0.05, 0) is 12.8 Å². The summed E-state index contributed by atoms with van der Waals surface area (Å²) < 4.78 is 0. The first-order valence-electron chi connectivity index (χ1n) is 5.19. The Bertz CT molecular complexity index is 236. The maximum atomic E-state index is 10.8. The van der Waals surface area contributed by atoms with Crippen LogP contribution in [0.3, 0.4) is 0 Å². The molecule has 0 aromatic heterocycles. The number of hydrogen-bond donors (Lipinski definition) is 2. The highest BCUT2D eigenvalue weighted by atomic mass is 32.2. The molecule has 5 heteroatoms. The minimum Gasteiger partial charge on any atom is -0.481 e. The van der Waals surface area contributed by atoms with Crippen LogP contribution >= 0.6 is 11.8 Å². The second-order valence-corrected chi connectivity index (χ2v) is 5.33. The van der Waals surface area contributed by atoms with Crippen molar-refractivity contribution in [1.29, 1.82) is 0 Å². The molecule has 0 spiro atoms. The van der Waals surface area contributed by atoms with E-state index in [0.717, 1.165) is 25.7 Å². The Labute approximate surface area is 93.1 Å². The number of rotatable bonds is 5. The van der Waals surface area contributed by atoms with Crippen molar-refractivity contribution in [2.24, 2.45) is 0 Å². The van der Waals surface area contributed by atoms with Crippen molar-refractivity contribution in [3.63, 3.8) is 0 Å². The van der Waals surface area contributed by atoms with E-state index >= 15 is 0 Å². The topological polar surface area (TPSA) is 74.6 Å². The lowest BCUT2D eigenvalue weighted by molar-refractivity contribution is -0.142. The van der Waals surface area contributed by atoms with E-state index in [1.807, 2.05) is 0 Å². The zero-order valence-electron chi connectivity index (χ0n) is 8.52. The molecule has 1 fully saturated rings. The van der Waals surface area contributed by atoms with Crippen LogP contribution in [0.1, 0.15) is 38.5 Å². The van der Waals surface area contributed by atoms with Crippen LogP contribution in [0.25, 0.3) is 0 Å². The largest absolute Gasteiger partial charge is 0.481 e. The van der Waals surface area contributed by atoms with Gasteiger partial charge in [0, 0.05) is 5.25 Å². The smallest absolute Gasteiger partial charge is 0.317 e. The van der Waals surface area contributed by atoms with Crippen LogP contribution in [-0.2, 0) is 9.59 Å². The van der Waals surface area contributed by atoms with E-state index in [4.69, 9.17) is 10.2 Å². The van der Waals surface area contributed by atoms with Gasteiger partial charge in [0.05, 0.1) is 6.42 Å². The summed E-state index contributed by atoms with van der Waals surface area (Å²) in [4.78, 5) is 21.3. The van der Waals surface area contributed by atoms with Gasteiger partial charge in [-0.2, -0.15) is 0 Å². The molecule has 0 bridgehead atoms. The first-order valence-corrected chi connectivity index (χ1v) is 6.14. The van der Waals surface area contributed by atoms with Gasteiger partial charge in [-0.15, -0.1) is 11.8 Å². The van der Waals surface area contributed by atoms with E-state index in [2.05, 4.69) is 0 Å². The minimum atomic E-state index is -1.04. The third-order valence-corrected chi connectivity index (χ3v) is 4.10. The number of carbonyl (C=O) groups is 2. The van der Waals surface area contributed by atoms with E-state index in [0.29, 0.717) is 5.25 Å². The molecule has 15 heavy (non-hydrogen) atoms. The normalized spacial score (nSPS) is 19.7. The molecule has 86 valence electrons. The maximum Gasteiger partial charge on any atom is 0.317 e. The molecule has 2 N–H and O–H groups in total. The number of carboxylic acid groups (broad SMARTS) is 2. The Morgan fingerprint density at radius 3 is 2.27 bits per heavy atom. The van der Waals surface area contributed by atoms with Crippen molar-refractivity contribution in [2.75, 3.05) is 0 Å². The minimum absolute atomic E-state index is 0.281. The standard InChI is InChI=1S/C10H16O4S/c11-9(12)6-8(10(13)14)15-7-4-2-1-3-5-7/h7-8H,1-6H2,(H,11,12)(H,13,14). The molecule has 0 heterocycles. The van der Waals surface area contributed by atoms with E-state index in [1.54, 1.807) is 0 Å². The number of thioether (sulfide) groups is 1. The molecular formula is C10H16O4S. The number of aliphatic carboxylic acids is 2. The molecule has 0 aliphatic heterocycles. The molecule has 1 atom stereocenters. The van der Waals surface area contributed by atoms with Crippen molar-refractivity contribution < 1.29 is 19.8 Å². The molecular weight excluding hydrogens is 216 g/mol. The van der Waals surface area contributed by atoms with E-state index in [-0.39, 0.29) is 6.42 Å². The fourth-order valence-electron chi connectivity index (χ4n) is 1.79. The van der Waals surface area contributed by atoms with Crippen LogP contribution in [0.15, 0.2) is 0 Å². The Kier molecular flexibility index (Phi) is 4.94. The van der Waals surface area contributed by atoms with Gasteiger partial charge >= 0.3 is 11.9 Å². The monoisotopic (exact) mass is 232 g/mol. The third kappa shape index (κ3) is 4.55. The molecule has 1 rings (SSSR count). The molecule has 1 aliphatic rings. The van der Waals surface area contributed by atoms with Crippen LogP contribution in [0.2, 0.25) is 0 Å². The quantitative estimate of drug-likeness (QED) is 0.758. The lowest BCUT2D eigenvalue weighted by Gasteiger charge is -2.23. The zero-order chi connectivity index (χ0) is 11.3. The first kappa shape index (κ1) is 12.4. The Balaban J connectivity index is 2.42. The van der Waals surface area contributed by atoms with E-state index in [9.17, 15) is 9.59 Å². The molecule has 0 radical (unpaired) electrons. The molecule has 1 saturated carbocycles. The van der Waals surface area contributed by atoms with Gasteiger partial charge in [0.1, 0.15) is 5.25 Å². The Morgan fingerprint density at radius 2 is 1.80 bits per heavy atom. The van der Waals surface area contributed by atoms with Crippen molar-refractivity contribution >= 4 is 23.7 Å². The van der Waals surface area contributed by atoms with Gasteiger partial charge in [0.25, 0.3) is 0 Å². The van der Waals surface area contributed by atoms with Crippen LogP contribution in [0, 0.1) is 0 Å². The van der Waals surface area contributed by atoms with Crippen LogP contribution in [-0.4, -0.2) is 32.7 Å². The van der Waals surface area contributed by atoms with E-state index < -0.39 is 17.2 Å².